The molecule has 16 heavy (non-hydrogen) atoms. The molecule has 0 saturated carbocycles. The lowest BCUT2D eigenvalue weighted by atomic mass is 10.0. The van der Waals surface area contributed by atoms with Gasteiger partial charge in [-0.2, -0.15) is 0 Å². The van der Waals surface area contributed by atoms with Crippen molar-refractivity contribution in [2.24, 2.45) is 0 Å². The van der Waals surface area contributed by atoms with Gasteiger partial charge in [0.2, 0.25) is 0 Å². The minimum absolute atomic E-state index is 0.415. The highest BCUT2D eigenvalue weighted by molar-refractivity contribution is 5.45. The zero-order chi connectivity index (χ0) is 12.0. The second-order valence-corrected chi connectivity index (χ2v) is 3.77. The molecule has 1 heterocycles. The summed E-state index contributed by atoms with van der Waals surface area (Å²) in [7, 11) is 0. The molecule has 0 radical (unpaired) electrons. The first-order chi connectivity index (χ1) is 7.83. The van der Waals surface area contributed by atoms with Crippen LogP contribution in [0.4, 0.5) is 0 Å². The van der Waals surface area contributed by atoms with Crippen molar-refractivity contribution in [1.82, 2.24) is 0 Å². The van der Waals surface area contributed by atoms with E-state index in [1.807, 2.05) is 26.0 Å². The molecule has 1 aromatic rings. The van der Waals surface area contributed by atoms with Gasteiger partial charge in [0.1, 0.15) is 18.5 Å². The van der Waals surface area contributed by atoms with Crippen LogP contribution in [0.15, 0.2) is 18.2 Å². The topological polar surface area (TPSA) is 29.5 Å². The van der Waals surface area contributed by atoms with Crippen molar-refractivity contribution in [2.75, 3.05) is 6.61 Å². The molecule has 2 heteroatoms. The zero-order valence-electron chi connectivity index (χ0n) is 10.5. The summed E-state index contributed by atoms with van der Waals surface area (Å²) in [5, 5.41) is 9.61. The Morgan fingerprint density at radius 3 is 2.81 bits per heavy atom. The van der Waals surface area contributed by atoms with E-state index in [-0.39, 0.29) is 0 Å². The molecular weight excluding hydrogens is 200 g/mol. The Hall–Kier alpha value is -1.02. The number of aliphatic hydroxyl groups excluding tert-OH is 1. The number of hydrogen-bond donors (Lipinski definition) is 1. The first-order valence-corrected chi connectivity index (χ1v) is 6.25. The summed E-state index contributed by atoms with van der Waals surface area (Å²) in [5.74, 6) is 0.924. The van der Waals surface area contributed by atoms with E-state index in [1.54, 1.807) is 0 Å². The first kappa shape index (κ1) is 13.0. The van der Waals surface area contributed by atoms with Crippen molar-refractivity contribution in [3.05, 3.63) is 29.3 Å². The number of hydrogen-bond acceptors (Lipinski definition) is 2. The summed E-state index contributed by atoms with van der Waals surface area (Å²) < 4.78 is 5.49. The van der Waals surface area contributed by atoms with Crippen LogP contribution in [0.25, 0.3) is 0 Å². The van der Waals surface area contributed by atoms with Crippen molar-refractivity contribution in [1.29, 1.82) is 0 Å². The fourth-order valence-corrected chi connectivity index (χ4v) is 1.86. The van der Waals surface area contributed by atoms with Gasteiger partial charge in [-0.05, 0) is 18.4 Å². The van der Waals surface area contributed by atoms with Crippen molar-refractivity contribution in [3.63, 3.8) is 0 Å². The van der Waals surface area contributed by atoms with Crippen molar-refractivity contribution < 1.29 is 9.84 Å². The molecule has 0 aliphatic carbocycles. The Morgan fingerprint density at radius 1 is 1.38 bits per heavy atom. The van der Waals surface area contributed by atoms with Crippen LogP contribution >= 0.6 is 0 Å². The summed E-state index contributed by atoms with van der Waals surface area (Å²) in [4.78, 5) is 0. The van der Waals surface area contributed by atoms with E-state index < -0.39 is 6.10 Å². The van der Waals surface area contributed by atoms with E-state index in [9.17, 15) is 5.11 Å². The summed E-state index contributed by atoms with van der Waals surface area (Å²) in [6.07, 6.45) is 2.99. The predicted octanol–water partition coefficient (Wildman–Crippen LogP) is 3.48. The lowest BCUT2D eigenvalue weighted by molar-refractivity contribution is 0.140. The van der Waals surface area contributed by atoms with Crippen LogP contribution in [0.1, 0.15) is 50.8 Å². The fraction of sp³-hybridized carbons (Fsp3) is 0.571. The van der Waals surface area contributed by atoms with Gasteiger partial charge in [-0.1, -0.05) is 45.4 Å². The highest BCUT2D eigenvalue weighted by Gasteiger charge is 2.23. The second kappa shape index (κ2) is 6.54. The van der Waals surface area contributed by atoms with Crippen LogP contribution in [0.2, 0.25) is 0 Å². The number of unbranched alkanes of at least 4 members (excludes halogenated alkanes) is 1. The van der Waals surface area contributed by atoms with Gasteiger partial charge in [0.25, 0.3) is 0 Å². The van der Waals surface area contributed by atoms with E-state index >= 15 is 0 Å². The minimum atomic E-state index is -0.424. The van der Waals surface area contributed by atoms with Gasteiger partial charge in [-0.3, -0.25) is 0 Å². The number of aryl methyl sites for hydroxylation is 1. The molecule has 1 aliphatic rings. The molecule has 1 aliphatic heterocycles. The van der Waals surface area contributed by atoms with Crippen LogP contribution in [0, 0.1) is 0 Å². The summed E-state index contributed by atoms with van der Waals surface area (Å²) >= 11 is 0. The van der Waals surface area contributed by atoms with Crippen molar-refractivity contribution >= 4 is 0 Å². The highest BCUT2D eigenvalue weighted by atomic mass is 16.5. The molecule has 1 aromatic carbocycles. The highest BCUT2D eigenvalue weighted by Crippen LogP contribution is 2.35. The fourth-order valence-electron chi connectivity index (χ4n) is 1.86. The molecule has 1 atom stereocenters. The quantitative estimate of drug-likeness (QED) is 0.848. The molecule has 0 aromatic heterocycles. The molecule has 1 N–H and O–H groups in total. The standard InChI is InChI=1S/C12H16O2.C2H6/c1-2-3-5-9-6-4-7-10-11(13)8-14-12(9)10;1-2/h4,6-7,11,13H,2-3,5,8H2,1H3;1-2H3. The lowest BCUT2D eigenvalue weighted by Gasteiger charge is -2.06. The van der Waals surface area contributed by atoms with Gasteiger partial charge >= 0.3 is 0 Å². The van der Waals surface area contributed by atoms with Crippen LogP contribution in [-0.4, -0.2) is 11.7 Å². The van der Waals surface area contributed by atoms with Gasteiger partial charge in [-0.15, -0.1) is 0 Å². The summed E-state index contributed by atoms with van der Waals surface area (Å²) in [5.41, 5.74) is 2.19. The molecular formula is C14H22O2. The zero-order valence-corrected chi connectivity index (χ0v) is 10.5. The third-order valence-corrected chi connectivity index (χ3v) is 2.67. The van der Waals surface area contributed by atoms with Gasteiger partial charge in [0.05, 0.1) is 0 Å². The average Bonchev–Trinajstić information content (AvgIpc) is 2.72. The third-order valence-electron chi connectivity index (χ3n) is 2.67. The van der Waals surface area contributed by atoms with Crippen LogP contribution < -0.4 is 4.74 Å². The van der Waals surface area contributed by atoms with Crippen LogP contribution in [-0.2, 0) is 6.42 Å². The Labute approximate surface area is 98.3 Å². The molecule has 2 nitrogen and oxygen atoms in total. The normalized spacial score (nSPS) is 17.1. The third kappa shape index (κ3) is 2.76. The average molecular weight is 222 g/mol. The molecule has 90 valence electrons. The van der Waals surface area contributed by atoms with Gasteiger partial charge in [0, 0.05) is 5.56 Å². The number of fused-ring (bicyclic) bond motifs is 1. The van der Waals surface area contributed by atoms with Crippen LogP contribution in [0.3, 0.4) is 0 Å². The van der Waals surface area contributed by atoms with Crippen LogP contribution in [0.5, 0.6) is 5.75 Å². The maximum absolute atomic E-state index is 9.61. The van der Waals surface area contributed by atoms with Gasteiger partial charge in [0.15, 0.2) is 0 Å². The second-order valence-electron chi connectivity index (χ2n) is 3.77. The lowest BCUT2D eigenvalue weighted by Crippen LogP contribution is -1.97. The van der Waals surface area contributed by atoms with Gasteiger partial charge < -0.3 is 9.84 Å². The molecule has 0 saturated heterocycles. The minimum Gasteiger partial charge on any atom is -0.490 e. The molecule has 2 rings (SSSR count). The number of ether oxygens (including phenoxy) is 1. The molecule has 0 amide bonds. The van der Waals surface area contributed by atoms with E-state index in [0.29, 0.717) is 6.61 Å². The maximum Gasteiger partial charge on any atom is 0.128 e. The molecule has 1 unspecified atom stereocenters. The van der Waals surface area contributed by atoms with Crippen molar-refractivity contribution in [3.8, 4) is 5.75 Å². The number of para-hydroxylation sites is 1. The Balaban J connectivity index is 0.000000606. The summed E-state index contributed by atoms with van der Waals surface area (Å²) in [6.45, 7) is 6.59. The van der Waals surface area contributed by atoms with E-state index in [0.717, 1.165) is 17.7 Å². The predicted molar refractivity (Wildman–Crippen MR) is 66.9 cm³/mol. The Kier molecular flexibility index (Phi) is 5.33. The van der Waals surface area contributed by atoms with E-state index in [1.165, 1.54) is 18.4 Å². The Bertz CT molecular complexity index is 321. The monoisotopic (exact) mass is 222 g/mol. The number of benzene rings is 1. The van der Waals surface area contributed by atoms with E-state index in [2.05, 4.69) is 13.0 Å². The smallest absolute Gasteiger partial charge is 0.128 e. The van der Waals surface area contributed by atoms with Crippen molar-refractivity contribution in [2.45, 2.75) is 46.1 Å². The van der Waals surface area contributed by atoms with Gasteiger partial charge in [-0.25, -0.2) is 0 Å². The molecule has 0 bridgehead atoms. The largest absolute Gasteiger partial charge is 0.490 e. The first-order valence-electron chi connectivity index (χ1n) is 6.25. The number of aliphatic hydroxyl groups is 1. The number of rotatable bonds is 3. The molecule has 0 spiro atoms. The van der Waals surface area contributed by atoms with E-state index in [4.69, 9.17) is 4.74 Å². The maximum atomic E-state index is 9.61. The molecule has 0 fully saturated rings. The Morgan fingerprint density at radius 2 is 2.12 bits per heavy atom. The SMILES string of the molecule is CC.CCCCc1cccc2c1OCC2O. The summed E-state index contributed by atoms with van der Waals surface area (Å²) in [6, 6.07) is 6.04.